The van der Waals surface area contributed by atoms with Gasteiger partial charge in [-0.3, -0.25) is 14.6 Å². The number of urea groups is 1. The number of hydrogen-bond donors (Lipinski definition) is 2. The van der Waals surface area contributed by atoms with Gasteiger partial charge < -0.3 is 15.2 Å². The molecule has 0 aromatic carbocycles. The number of hydrogen-bond acceptors (Lipinski definition) is 5. The molecule has 0 aromatic heterocycles. The molecule has 3 atom stereocenters. The van der Waals surface area contributed by atoms with E-state index in [1.807, 2.05) is 13.8 Å². The molecular weight excluding hydrogens is 322 g/mol. The first-order valence-electron chi connectivity index (χ1n) is 9.49. The number of morpholine rings is 1. The summed E-state index contributed by atoms with van der Waals surface area (Å²) in [5.41, 5.74) is -0.731. The Morgan fingerprint density at radius 2 is 1.76 bits per heavy atom. The van der Waals surface area contributed by atoms with Gasteiger partial charge in [-0.05, 0) is 45.4 Å². The molecule has 2 N–H and O–H groups in total. The fourth-order valence-electron chi connectivity index (χ4n) is 4.44. The minimum Gasteiger partial charge on any atom is -0.390 e. The molecule has 2 aliphatic heterocycles. The number of rotatable bonds is 4. The van der Waals surface area contributed by atoms with E-state index >= 15 is 0 Å². The van der Waals surface area contributed by atoms with Gasteiger partial charge in [-0.15, -0.1) is 0 Å². The van der Waals surface area contributed by atoms with Crippen molar-refractivity contribution in [2.24, 2.45) is 5.92 Å². The second-order valence-corrected chi connectivity index (χ2v) is 8.24. The minimum absolute atomic E-state index is 0.0576. The van der Waals surface area contributed by atoms with Crippen LogP contribution in [-0.4, -0.2) is 76.9 Å². The fraction of sp³-hybridized carbons (Fsp3) is 0.889. The first-order chi connectivity index (χ1) is 11.8. The van der Waals surface area contributed by atoms with Crippen LogP contribution in [0.3, 0.4) is 0 Å². The molecular formula is C18H31N3O4. The van der Waals surface area contributed by atoms with E-state index in [1.165, 1.54) is 4.90 Å². The maximum absolute atomic E-state index is 12.8. The van der Waals surface area contributed by atoms with Crippen LogP contribution in [0.5, 0.6) is 0 Å². The number of nitrogens with one attached hydrogen (secondary N) is 1. The van der Waals surface area contributed by atoms with Crippen molar-refractivity contribution in [3.8, 4) is 0 Å². The van der Waals surface area contributed by atoms with Gasteiger partial charge in [-0.1, -0.05) is 6.92 Å². The summed E-state index contributed by atoms with van der Waals surface area (Å²) in [6.07, 6.45) is 2.80. The zero-order valence-electron chi connectivity index (χ0n) is 15.5. The van der Waals surface area contributed by atoms with Crippen molar-refractivity contribution in [1.82, 2.24) is 15.1 Å². The molecule has 25 heavy (non-hydrogen) atoms. The smallest absolute Gasteiger partial charge is 0.325 e. The van der Waals surface area contributed by atoms with Crippen LogP contribution in [0.1, 0.15) is 46.5 Å². The fourth-order valence-corrected chi connectivity index (χ4v) is 4.44. The van der Waals surface area contributed by atoms with Gasteiger partial charge in [0.25, 0.3) is 5.91 Å². The van der Waals surface area contributed by atoms with Crippen LogP contribution in [0.4, 0.5) is 4.79 Å². The number of imide groups is 1. The number of ether oxygens (including phenoxy) is 1. The van der Waals surface area contributed by atoms with E-state index in [0.29, 0.717) is 25.3 Å². The van der Waals surface area contributed by atoms with E-state index in [-0.39, 0.29) is 30.7 Å². The molecule has 0 bridgehead atoms. The van der Waals surface area contributed by atoms with Crippen molar-refractivity contribution >= 4 is 11.9 Å². The van der Waals surface area contributed by atoms with Crippen molar-refractivity contribution in [2.75, 3.05) is 26.2 Å². The summed E-state index contributed by atoms with van der Waals surface area (Å²) in [4.78, 5) is 28.5. The topological polar surface area (TPSA) is 82.1 Å². The number of amides is 3. The zero-order valence-corrected chi connectivity index (χ0v) is 15.5. The maximum atomic E-state index is 12.8. The third-order valence-corrected chi connectivity index (χ3v) is 5.73. The summed E-state index contributed by atoms with van der Waals surface area (Å²) in [7, 11) is 0. The molecule has 142 valence electrons. The summed E-state index contributed by atoms with van der Waals surface area (Å²) in [5, 5.41) is 13.3. The lowest BCUT2D eigenvalue weighted by atomic mass is 9.77. The van der Waals surface area contributed by atoms with Crippen LogP contribution in [0.2, 0.25) is 0 Å². The zero-order chi connectivity index (χ0) is 18.2. The van der Waals surface area contributed by atoms with Crippen molar-refractivity contribution in [3.63, 3.8) is 0 Å². The first-order valence-corrected chi connectivity index (χ1v) is 9.49. The lowest BCUT2D eigenvalue weighted by Crippen LogP contribution is -2.51. The SMILES string of the molecule is CC1CCC2(CC1)NC(=O)N(CC(O)CN1CC(C)OC(C)C1)C2=O. The molecule has 7 heteroatoms. The summed E-state index contributed by atoms with van der Waals surface area (Å²) < 4.78 is 5.70. The highest BCUT2D eigenvalue weighted by atomic mass is 16.5. The Morgan fingerprint density at radius 3 is 2.36 bits per heavy atom. The van der Waals surface area contributed by atoms with Crippen LogP contribution < -0.4 is 5.32 Å². The van der Waals surface area contributed by atoms with E-state index in [1.54, 1.807) is 0 Å². The third kappa shape index (κ3) is 3.99. The summed E-state index contributed by atoms with van der Waals surface area (Å²) >= 11 is 0. The number of aliphatic hydroxyl groups is 1. The lowest BCUT2D eigenvalue weighted by Gasteiger charge is -2.36. The second-order valence-electron chi connectivity index (χ2n) is 8.24. The number of carbonyl (C=O) groups excluding carboxylic acids is 2. The summed E-state index contributed by atoms with van der Waals surface area (Å²) in [6, 6.07) is -0.359. The number of aliphatic hydroxyl groups excluding tert-OH is 1. The third-order valence-electron chi connectivity index (χ3n) is 5.73. The van der Waals surface area contributed by atoms with Gasteiger partial charge in [0, 0.05) is 19.6 Å². The monoisotopic (exact) mass is 353 g/mol. The molecule has 3 amide bonds. The summed E-state index contributed by atoms with van der Waals surface area (Å²) in [5.74, 6) is 0.437. The second kappa shape index (κ2) is 7.21. The van der Waals surface area contributed by atoms with E-state index < -0.39 is 11.6 Å². The molecule has 3 fully saturated rings. The van der Waals surface area contributed by atoms with Crippen LogP contribution in [0.25, 0.3) is 0 Å². The average Bonchev–Trinajstić information content (AvgIpc) is 2.74. The predicted octanol–water partition coefficient (Wildman–Crippen LogP) is 0.957. The van der Waals surface area contributed by atoms with Gasteiger partial charge in [0.1, 0.15) is 5.54 Å². The van der Waals surface area contributed by atoms with Gasteiger partial charge in [-0.2, -0.15) is 0 Å². The van der Waals surface area contributed by atoms with E-state index in [2.05, 4.69) is 17.1 Å². The quantitative estimate of drug-likeness (QED) is 0.736. The molecule has 0 radical (unpaired) electrons. The van der Waals surface area contributed by atoms with Crippen molar-refractivity contribution in [3.05, 3.63) is 0 Å². The van der Waals surface area contributed by atoms with Crippen LogP contribution in [0, 0.1) is 5.92 Å². The normalized spacial score (nSPS) is 38.2. The van der Waals surface area contributed by atoms with Crippen LogP contribution in [-0.2, 0) is 9.53 Å². The van der Waals surface area contributed by atoms with Gasteiger partial charge >= 0.3 is 6.03 Å². The number of carbonyl (C=O) groups is 2. The summed E-state index contributed by atoms with van der Waals surface area (Å²) in [6.45, 7) is 8.22. The minimum atomic E-state index is -0.745. The molecule has 3 unspecified atom stereocenters. The lowest BCUT2D eigenvalue weighted by molar-refractivity contribution is -0.134. The Morgan fingerprint density at radius 1 is 1.16 bits per heavy atom. The van der Waals surface area contributed by atoms with Crippen LogP contribution >= 0.6 is 0 Å². The van der Waals surface area contributed by atoms with E-state index in [4.69, 9.17) is 4.74 Å². The number of β-amino-alcohol motifs (C(OH)–C–C–N with tert-alkyl or cyclic N) is 1. The Balaban J connectivity index is 1.57. The number of nitrogens with zero attached hydrogens (tertiary/aromatic N) is 2. The molecule has 2 saturated heterocycles. The van der Waals surface area contributed by atoms with Crippen molar-refractivity contribution in [1.29, 1.82) is 0 Å². The van der Waals surface area contributed by atoms with Crippen molar-refractivity contribution in [2.45, 2.75) is 70.3 Å². The highest BCUT2D eigenvalue weighted by Gasteiger charge is 2.52. The van der Waals surface area contributed by atoms with Gasteiger partial charge in [0.05, 0.1) is 24.9 Å². The maximum Gasteiger partial charge on any atom is 0.325 e. The molecule has 1 saturated carbocycles. The molecule has 7 nitrogen and oxygen atoms in total. The largest absolute Gasteiger partial charge is 0.390 e. The van der Waals surface area contributed by atoms with Crippen LogP contribution in [0.15, 0.2) is 0 Å². The van der Waals surface area contributed by atoms with Gasteiger partial charge in [0.15, 0.2) is 0 Å². The van der Waals surface area contributed by atoms with Crippen molar-refractivity contribution < 1.29 is 19.4 Å². The van der Waals surface area contributed by atoms with E-state index in [9.17, 15) is 14.7 Å². The molecule has 1 aliphatic carbocycles. The molecule has 2 heterocycles. The molecule has 0 aromatic rings. The Kier molecular flexibility index (Phi) is 5.37. The molecule has 1 spiro atoms. The average molecular weight is 353 g/mol. The Labute approximate surface area is 149 Å². The highest BCUT2D eigenvalue weighted by Crippen LogP contribution is 2.36. The molecule has 3 aliphatic rings. The standard InChI is InChI=1S/C18H31N3O4/c1-12-4-6-18(7-5-12)16(23)21(17(24)19-18)11-15(22)10-20-8-13(2)25-14(3)9-20/h12-15,22H,4-11H2,1-3H3,(H,19,24). The predicted molar refractivity (Wildman–Crippen MR) is 93.1 cm³/mol. The van der Waals surface area contributed by atoms with E-state index in [0.717, 1.165) is 25.9 Å². The first kappa shape index (κ1) is 18.6. The highest BCUT2D eigenvalue weighted by molar-refractivity contribution is 6.07. The van der Waals surface area contributed by atoms with Gasteiger partial charge in [-0.25, -0.2) is 4.79 Å². The Bertz CT molecular complexity index is 508. The Hall–Kier alpha value is -1.18. The molecule has 3 rings (SSSR count). The van der Waals surface area contributed by atoms with Gasteiger partial charge in [0.2, 0.25) is 0 Å².